The topological polar surface area (TPSA) is 40.6 Å². The fourth-order valence-electron chi connectivity index (χ4n) is 2.60. The van der Waals surface area contributed by atoms with E-state index in [1.54, 1.807) is 25.2 Å². The van der Waals surface area contributed by atoms with E-state index in [2.05, 4.69) is 4.90 Å². The second-order valence-electron chi connectivity index (χ2n) is 5.46. The van der Waals surface area contributed by atoms with Crippen LogP contribution < -0.4 is 0 Å². The van der Waals surface area contributed by atoms with E-state index in [-0.39, 0.29) is 21.8 Å². The van der Waals surface area contributed by atoms with Crippen molar-refractivity contribution in [1.82, 2.24) is 9.21 Å². The van der Waals surface area contributed by atoms with E-state index in [1.165, 1.54) is 4.31 Å². The third-order valence-electron chi connectivity index (χ3n) is 3.98. The number of likely N-dealkylation sites (tertiary alicyclic amines) is 1. The van der Waals surface area contributed by atoms with Gasteiger partial charge in [-0.2, -0.15) is 4.31 Å². The molecule has 1 aliphatic heterocycles. The number of hydrogen-bond donors (Lipinski definition) is 0. The molecule has 0 aromatic heterocycles. The van der Waals surface area contributed by atoms with Crippen molar-refractivity contribution in [2.24, 2.45) is 0 Å². The van der Waals surface area contributed by atoms with Gasteiger partial charge < -0.3 is 4.90 Å². The third-order valence-corrected chi connectivity index (χ3v) is 6.59. The first-order chi connectivity index (χ1) is 9.86. The second-order valence-corrected chi connectivity index (χ2v) is 8.15. The maximum absolute atomic E-state index is 12.7. The first-order valence-corrected chi connectivity index (χ1v) is 9.22. The van der Waals surface area contributed by atoms with E-state index in [9.17, 15) is 8.42 Å². The van der Waals surface area contributed by atoms with Crippen LogP contribution in [0.1, 0.15) is 18.4 Å². The lowest BCUT2D eigenvalue weighted by atomic mass is 10.2. The molecule has 4 nitrogen and oxygen atoms in total. The largest absolute Gasteiger partial charge is 0.302 e. The van der Waals surface area contributed by atoms with Gasteiger partial charge in [0.1, 0.15) is 4.90 Å². The van der Waals surface area contributed by atoms with Gasteiger partial charge in [-0.25, -0.2) is 8.42 Å². The highest BCUT2D eigenvalue weighted by Gasteiger charge is 2.29. The molecular formula is C14H20Cl2N2O2S. The van der Waals surface area contributed by atoms with Gasteiger partial charge >= 0.3 is 0 Å². The molecule has 1 heterocycles. The molecule has 1 aromatic rings. The zero-order valence-electron chi connectivity index (χ0n) is 12.2. The number of likely N-dealkylation sites (N-methyl/N-ethyl adjacent to an activating group) is 2. The Kier molecular flexibility index (Phi) is 5.54. The fraction of sp³-hybridized carbons (Fsp3) is 0.571. The van der Waals surface area contributed by atoms with Gasteiger partial charge in [0.25, 0.3) is 0 Å². The zero-order valence-corrected chi connectivity index (χ0v) is 14.5. The Bertz CT molecular complexity index is 607. The van der Waals surface area contributed by atoms with Crippen LogP contribution in [0.2, 0.25) is 5.02 Å². The van der Waals surface area contributed by atoms with Crippen LogP contribution in [0, 0.1) is 0 Å². The summed E-state index contributed by atoms with van der Waals surface area (Å²) in [6.45, 7) is 1.49. The SMILES string of the molecule is CN1CCCC1CN(C)S(=O)(=O)c1cc(CCl)ccc1Cl. The van der Waals surface area contributed by atoms with Crippen LogP contribution >= 0.6 is 23.2 Å². The molecular weight excluding hydrogens is 331 g/mol. The van der Waals surface area contributed by atoms with Crippen molar-refractivity contribution in [3.63, 3.8) is 0 Å². The molecule has 0 spiro atoms. The van der Waals surface area contributed by atoms with E-state index in [1.807, 2.05) is 7.05 Å². The molecule has 1 fully saturated rings. The summed E-state index contributed by atoms with van der Waals surface area (Å²) >= 11 is 11.8. The molecule has 0 saturated carbocycles. The summed E-state index contributed by atoms with van der Waals surface area (Å²) in [5, 5.41) is 0.232. The van der Waals surface area contributed by atoms with Crippen LogP contribution in [-0.4, -0.2) is 50.8 Å². The van der Waals surface area contributed by atoms with Gasteiger partial charge in [0.2, 0.25) is 10.0 Å². The maximum atomic E-state index is 12.7. The molecule has 0 N–H and O–H groups in total. The number of halogens is 2. The van der Waals surface area contributed by atoms with Crippen molar-refractivity contribution in [1.29, 1.82) is 0 Å². The Hall–Kier alpha value is -0.330. The predicted octanol–water partition coefficient (Wildman–Crippen LogP) is 2.79. The molecule has 1 aliphatic rings. The summed E-state index contributed by atoms with van der Waals surface area (Å²) in [4.78, 5) is 2.33. The van der Waals surface area contributed by atoms with Crippen molar-refractivity contribution in [3.8, 4) is 0 Å². The Morgan fingerprint density at radius 1 is 1.43 bits per heavy atom. The summed E-state index contributed by atoms with van der Waals surface area (Å²) < 4.78 is 26.8. The third kappa shape index (κ3) is 3.71. The normalized spacial score (nSPS) is 20.3. The van der Waals surface area contributed by atoms with Crippen molar-refractivity contribution >= 4 is 33.2 Å². The molecule has 0 radical (unpaired) electrons. The standard InChI is InChI=1S/C14H20Cl2N2O2S/c1-17-7-3-4-12(17)10-18(2)21(19,20)14-8-11(9-15)5-6-13(14)16/h5-6,8,12H,3-4,7,9-10H2,1-2H3. The number of sulfonamides is 1. The number of alkyl halides is 1. The minimum Gasteiger partial charge on any atom is -0.302 e. The Balaban J connectivity index is 2.24. The summed E-state index contributed by atoms with van der Waals surface area (Å²) in [6, 6.07) is 5.14. The monoisotopic (exact) mass is 350 g/mol. The number of rotatable bonds is 5. The minimum absolute atomic E-state index is 0.130. The lowest BCUT2D eigenvalue weighted by Crippen LogP contribution is -2.39. The lowest BCUT2D eigenvalue weighted by molar-refractivity contribution is 0.271. The highest BCUT2D eigenvalue weighted by Crippen LogP contribution is 2.27. The Labute approximate surface area is 136 Å². The molecule has 0 amide bonds. The van der Waals surface area contributed by atoms with Gasteiger partial charge in [-0.3, -0.25) is 0 Å². The van der Waals surface area contributed by atoms with Gasteiger partial charge in [0, 0.05) is 25.5 Å². The summed E-state index contributed by atoms with van der Waals surface area (Å²) in [5.74, 6) is 0.259. The average Bonchev–Trinajstić information content (AvgIpc) is 2.84. The molecule has 7 heteroatoms. The molecule has 21 heavy (non-hydrogen) atoms. The Morgan fingerprint density at radius 2 is 2.14 bits per heavy atom. The fourth-order valence-corrected chi connectivity index (χ4v) is 4.50. The molecule has 2 rings (SSSR count). The first kappa shape index (κ1) is 17.0. The maximum Gasteiger partial charge on any atom is 0.244 e. The number of nitrogens with zero attached hydrogens (tertiary/aromatic N) is 2. The number of benzene rings is 1. The van der Waals surface area contributed by atoms with Crippen LogP contribution in [0.3, 0.4) is 0 Å². The second kappa shape index (κ2) is 6.84. The number of hydrogen-bond acceptors (Lipinski definition) is 3. The molecule has 1 atom stereocenters. The molecule has 1 unspecified atom stereocenters. The van der Waals surface area contributed by atoms with Crippen molar-refractivity contribution in [2.75, 3.05) is 27.2 Å². The molecule has 118 valence electrons. The predicted molar refractivity (Wildman–Crippen MR) is 86.5 cm³/mol. The van der Waals surface area contributed by atoms with Crippen LogP contribution in [0.25, 0.3) is 0 Å². The van der Waals surface area contributed by atoms with Gasteiger partial charge in [-0.15, -0.1) is 11.6 Å². The highest BCUT2D eigenvalue weighted by molar-refractivity contribution is 7.89. The van der Waals surface area contributed by atoms with Gasteiger partial charge in [0.15, 0.2) is 0 Å². The van der Waals surface area contributed by atoms with Gasteiger partial charge in [0.05, 0.1) is 5.02 Å². The van der Waals surface area contributed by atoms with E-state index in [0.717, 1.165) is 24.9 Å². The highest BCUT2D eigenvalue weighted by atomic mass is 35.5. The van der Waals surface area contributed by atoms with Crippen molar-refractivity contribution in [2.45, 2.75) is 29.7 Å². The molecule has 0 bridgehead atoms. The van der Waals surface area contributed by atoms with E-state index < -0.39 is 10.0 Å². The van der Waals surface area contributed by atoms with Crippen LogP contribution in [0.4, 0.5) is 0 Å². The molecule has 1 aromatic carbocycles. The molecule has 0 aliphatic carbocycles. The average molecular weight is 351 g/mol. The van der Waals surface area contributed by atoms with Crippen LogP contribution in [0.5, 0.6) is 0 Å². The smallest absolute Gasteiger partial charge is 0.244 e. The zero-order chi connectivity index (χ0) is 15.6. The van der Waals surface area contributed by atoms with E-state index in [4.69, 9.17) is 23.2 Å². The summed E-state index contributed by atoms with van der Waals surface area (Å²) in [7, 11) is 0.0323. The van der Waals surface area contributed by atoms with Crippen LogP contribution in [-0.2, 0) is 15.9 Å². The van der Waals surface area contributed by atoms with Crippen LogP contribution in [0.15, 0.2) is 23.1 Å². The minimum atomic E-state index is -3.60. The van der Waals surface area contributed by atoms with E-state index in [0.29, 0.717) is 6.54 Å². The van der Waals surface area contributed by atoms with Crippen molar-refractivity contribution in [3.05, 3.63) is 28.8 Å². The Morgan fingerprint density at radius 3 is 2.71 bits per heavy atom. The quantitative estimate of drug-likeness (QED) is 0.766. The summed E-state index contributed by atoms with van der Waals surface area (Å²) in [6.07, 6.45) is 2.13. The van der Waals surface area contributed by atoms with Crippen molar-refractivity contribution < 1.29 is 8.42 Å². The summed E-state index contributed by atoms with van der Waals surface area (Å²) in [5.41, 5.74) is 0.742. The lowest BCUT2D eigenvalue weighted by Gasteiger charge is -2.25. The van der Waals surface area contributed by atoms with E-state index >= 15 is 0 Å². The van der Waals surface area contributed by atoms with Gasteiger partial charge in [-0.05, 0) is 44.1 Å². The van der Waals surface area contributed by atoms with Gasteiger partial charge in [-0.1, -0.05) is 17.7 Å². The molecule has 1 saturated heterocycles. The first-order valence-electron chi connectivity index (χ1n) is 6.87.